The fraction of sp³-hybridized carbons (Fsp3) is 0.800. The smallest absolute Gasteiger partial charge is 0.306 e. The minimum Gasteiger partial charge on any atom is -0.469 e. The van der Waals surface area contributed by atoms with Crippen molar-refractivity contribution in [1.82, 2.24) is 10.2 Å². The lowest BCUT2D eigenvalue weighted by Crippen LogP contribution is -2.49. The van der Waals surface area contributed by atoms with Gasteiger partial charge < -0.3 is 15.0 Å². The molecule has 0 radical (unpaired) electrons. The lowest BCUT2D eigenvalue weighted by atomic mass is 9.94. The van der Waals surface area contributed by atoms with Gasteiger partial charge >= 0.3 is 5.97 Å². The van der Waals surface area contributed by atoms with Crippen LogP contribution in [0.3, 0.4) is 0 Å². The molecule has 1 rings (SSSR count). The average Bonchev–Trinajstić information content (AvgIpc) is 2.44. The molecule has 0 atom stereocenters. The van der Waals surface area contributed by atoms with Gasteiger partial charge in [0.15, 0.2) is 0 Å². The van der Waals surface area contributed by atoms with Crippen LogP contribution in [-0.2, 0) is 19.1 Å². The third-order valence-electron chi connectivity index (χ3n) is 3.63. The number of methoxy groups -OCH3 is 1. The van der Waals surface area contributed by atoms with Crippen LogP contribution in [0.15, 0.2) is 0 Å². The molecule has 6 nitrogen and oxygen atoms in total. The highest BCUT2D eigenvalue weighted by molar-refractivity contribution is 5.82. The SMILES string of the molecule is COC(=O)CCC(=O)N1CCC(NC(=O)C(C)(C)C)CC1. The van der Waals surface area contributed by atoms with Gasteiger partial charge in [-0.1, -0.05) is 20.8 Å². The number of piperidine rings is 1. The maximum atomic E-state index is 11.9. The number of carbonyl (C=O) groups excluding carboxylic acids is 3. The van der Waals surface area contributed by atoms with Crippen molar-refractivity contribution >= 4 is 17.8 Å². The summed E-state index contributed by atoms with van der Waals surface area (Å²) in [6, 6.07) is 0.126. The molecule has 1 saturated heterocycles. The van der Waals surface area contributed by atoms with Crippen LogP contribution in [0.1, 0.15) is 46.5 Å². The molecular formula is C15H26N2O4. The second-order valence-electron chi connectivity index (χ2n) is 6.45. The number of nitrogens with one attached hydrogen (secondary N) is 1. The van der Waals surface area contributed by atoms with Crippen LogP contribution in [0.25, 0.3) is 0 Å². The van der Waals surface area contributed by atoms with E-state index in [0.29, 0.717) is 13.1 Å². The topological polar surface area (TPSA) is 75.7 Å². The van der Waals surface area contributed by atoms with Crippen LogP contribution in [0, 0.1) is 5.41 Å². The Labute approximate surface area is 126 Å². The second-order valence-corrected chi connectivity index (χ2v) is 6.45. The van der Waals surface area contributed by atoms with E-state index in [9.17, 15) is 14.4 Å². The van der Waals surface area contributed by atoms with E-state index in [0.717, 1.165) is 12.8 Å². The van der Waals surface area contributed by atoms with Crippen LogP contribution in [-0.4, -0.2) is 48.9 Å². The number of hydrogen-bond donors (Lipinski definition) is 1. The van der Waals surface area contributed by atoms with Crippen LogP contribution >= 0.6 is 0 Å². The molecule has 1 fully saturated rings. The highest BCUT2D eigenvalue weighted by Gasteiger charge is 2.27. The van der Waals surface area contributed by atoms with Crippen molar-refractivity contribution in [2.75, 3.05) is 20.2 Å². The number of carbonyl (C=O) groups is 3. The number of likely N-dealkylation sites (tertiary alicyclic amines) is 1. The van der Waals surface area contributed by atoms with Gasteiger partial charge in [0.25, 0.3) is 0 Å². The van der Waals surface area contributed by atoms with Gasteiger partial charge in [-0.05, 0) is 12.8 Å². The highest BCUT2D eigenvalue weighted by atomic mass is 16.5. The Morgan fingerprint density at radius 3 is 2.19 bits per heavy atom. The Kier molecular flexibility index (Phi) is 6.18. The third-order valence-corrected chi connectivity index (χ3v) is 3.63. The Bertz CT molecular complexity index is 393. The quantitative estimate of drug-likeness (QED) is 0.788. The fourth-order valence-corrected chi connectivity index (χ4v) is 2.14. The maximum Gasteiger partial charge on any atom is 0.306 e. The molecule has 0 aliphatic carbocycles. The normalized spacial score (nSPS) is 16.5. The van der Waals surface area contributed by atoms with Crippen LogP contribution in [0.2, 0.25) is 0 Å². The van der Waals surface area contributed by atoms with Gasteiger partial charge in [0, 0.05) is 31.0 Å². The van der Waals surface area contributed by atoms with Gasteiger partial charge in [-0.25, -0.2) is 0 Å². The van der Waals surface area contributed by atoms with Gasteiger partial charge in [0.05, 0.1) is 13.5 Å². The van der Waals surface area contributed by atoms with Crippen molar-refractivity contribution in [3.05, 3.63) is 0 Å². The number of nitrogens with zero attached hydrogens (tertiary/aromatic N) is 1. The molecule has 1 N–H and O–H groups in total. The van der Waals surface area contributed by atoms with Gasteiger partial charge in [-0.2, -0.15) is 0 Å². The first kappa shape index (κ1) is 17.5. The molecule has 0 bridgehead atoms. The molecule has 1 aliphatic rings. The van der Waals surface area contributed by atoms with E-state index >= 15 is 0 Å². The van der Waals surface area contributed by atoms with E-state index in [4.69, 9.17) is 0 Å². The molecule has 0 aromatic rings. The summed E-state index contributed by atoms with van der Waals surface area (Å²) in [5.74, 6) is -0.352. The van der Waals surface area contributed by atoms with Crippen molar-refractivity contribution in [3.8, 4) is 0 Å². The first-order valence-electron chi connectivity index (χ1n) is 7.39. The number of hydrogen-bond acceptors (Lipinski definition) is 4. The molecule has 0 aromatic heterocycles. The minimum atomic E-state index is -0.395. The van der Waals surface area contributed by atoms with E-state index in [2.05, 4.69) is 10.1 Å². The molecule has 120 valence electrons. The number of rotatable bonds is 4. The molecule has 0 saturated carbocycles. The summed E-state index contributed by atoms with van der Waals surface area (Å²) in [6.45, 7) is 6.89. The summed E-state index contributed by atoms with van der Waals surface area (Å²) in [5, 5.41) is 3.03. The van der Waals surface area contributed by atoms with Gasteiger partial charge in [0.2, 0.25) is 11.8 Å². The Morgan fingerprint density at radius 1 is 1.14 bits per heavy atom. The van der Waals surface area contributed by atoms with E-state index in [1.165, 1.54) is 7.11 Å². The second kappa shape index (κ2) is 7.43. The molecule has 2 amide bonds. The summed E-state index contributed by atoms with van der Waals surface area (Å²) in [7, 11) is 1.32. The largest absolute Gasteiger partial charge is 0.469 e. The molecule has 6 heteroatoms. The Hall–Kier alpha value is -1.59. The van der Waals surface area contributed by atoms with Crippen LogP contribution < -0.4 is 5.32 Å². The number of amides is 2. The molecule has 21 heavy (non-hydrogen) atoms. The zero-order chi connectivity index (χ0) is 16.0. The van der Waals surface area contributed by atoms with Crippen molar-refractivity contribution in [2.45, 2.75) is 52.5 Å². The van der Waals surface area contributed by atoms with Crippen molar-refractivity contribution in [3.63, 3.8) is 0 Å². The minimum absolute atomic E-state index is 0.0269. The third kappa shape index (κ3) is 5.73. The zero-order valence-electron chi connectivity index (χ0n) is 13.4. The number of ether oxygens (including phenoxy) is 1. The first-order valence-corrected chi connectivity index (χ1v) is 7.39. The predicted molar refractivity (Wildman–Crippen MR) is 78.4 cm³/mol. The Morgan fingerprint density at radius 2 is 1.71 bits per heavy atom. The summed E-state index contributed by atoms with van der Waals surface area (Å²) < 4.78 is 4.52. The van der Waals surface area contributed by atoms with Crippen molar-refractivity contribution in [1.29, 1.82) is 0 Å². The van der Waals surface area contributed by atoms with Gasteiger partial charge in [0.1, 0.15) is 0 Å². The van der Waals surface area contributed by atoms with Crippen molar-refractivity contribution in [2.24, 2.45) is 5.41 Å². The van der Waals surface area contributed by atoms with Gasteiger partial charge in [-0.15, -0.1) is 0 Å². The fourth-order valence-electron chi connectivity index (χ4n) is 2.14. The Balaban J connectivity index is 2.33. The first-order chi connectivity index (χ1) is 9.74. The number of esters is 1. The van der Waals surface area contributed by atoms with Crippen LogP contribution in [0.5, 0.6) is 0 Å². The maximum absolute atomic E-state index is 11.9. The highest BCUT2D eigenvalue weighted by Crippen LogP contribution is 2.17. The molecule has 0 spiro atoms. The van der Waals surface area contributed by atoms with Gasteiger partial charge in [-0.3, -0.25) is 14.4 Å². The molecule has 1 heterocycles. The summed E-state index contributed by atoms with van der Waals surface area (Å²) >= 11 is 0. The van der Waals surface area contributed by atoms with Crippen LogP contribution in [0.4, 0.5) is 0 Å². The van der Waals surface area contributed by atoms with E-state index in [-0.39, 0.29) is 36.7 Å². The van der Waals surface area contributed by atoms with Crippen molar-refractivity contribution < 1.29 is 19.1 Å². The summed E-state index contributed by atoms with van der Waals surface area (Å²) in [4.78, 5) is 36.6. The molecular weight excluding hydrogens is 272 g/mol. The van der Waals surface area contributed by atoms with E-state index in [1.807, 2.05) is 20.8 Å². The summed E-state index contributed by atoms with van der Waals surface area (Å²) in [5.41, 5.74) is -0.395. The van der Waals surface area contributed by atoms with E-state index in [1.54, 1.807) is 4.90 Å². The molecule has 0 unspecified atom stereocenters. The lowest BCUT2D eigenvalue weighted by Gasteiger charge is -2.33. The lowest BCUT2D eigenvalue weighted by molar-refractivity contribution is -0.144. The average molecular weight is 298 g/mol. The van der Waals surface area contributed by atoms with E-state index < -0.39 is 5.41 Å². The zero-order valence-corrected chi connectivity index (χ0v) is 13.4. The standard InChI is InChI=1S/C15H26N2O4/c1-15(2,3)14(20)16-11-7-9-17(10-8-11)12(18)5-6-13(19)21-4/h11H,5-10H2,1-4H3,(H,16,20). The predicted octanol–water partition coefficient (Wildman–Crippen LogP) is 1.09. The summed E-state index contributed by atoms with van der Waals surface area (Å²) in [6.07, 6.45) is 1.82. The monoisotopic (exact) mass is 298 g/mol. The molecule has 0 aromatic carbocycles. The molecule has 1 aliphatic heterocycles.